The lowest BCUT2D eigenvalue weighted by Crippen LogP contribution is -2.13. The van der Waals surface area contributed by atoms with Crippen LogP contribution in [0, 0.1) is 6.92 Å². The highest BCUT2D eigenvalue weighted by molar-refractivity contribution is 7.92. The van der Waals surface area contributed by atoms with Crippen molar-refractivity contribution in [3.63, 3.8) is 0 Å². The van der Waals surface area contributed by atoms with E-state index in [2.05, 4.69) is 14.9 Å². The van der Waals surface area contributed by atoms with Crippen LogP contribution in [0.4, 0.5) is 5.69 Å². The number of methoxy groups -OCH3 is 1. The summed E-state index contributed by atoms with van der Waals surface area (Å²) in [7, 11) is -2.53. The van der Waals surface area contributed by atoms with Crippen molar-refractivity contribution in [3.8, 4) is 5.75 Å². The number of benzene rings is 1. The molecule has 2 N–H and O–H groups in total. The Morgan fingerprint density at radius 3 is 2.75 bits per heavy atom. The van der Waals surface area contributed by atoms with Gasteiger partial charge < -0.3 is 4.74 Å². The first-order chi connectivity index (χ1) is 11.3. The van der Waals surface area contributed by atoms with Gasteiger partial charge >= 0.3 is 0 Å². The van der Waals surface area contributed by atoms with Crippen molar-refractivity contribution in [1.82, 2.24) is 14.6 Å². The Morgan fingerprint density at radius 2 is 2.08 bits per heavy atom. The average molecular weight is 369 g/mol. The smallest absolute Gasteiger partial charge is 0.288 e. The zero-order valence-electron chi connectivity index (χ0n) is 12.7. The van der Waals surface area contributed by atoms with Gasteiger partial charge in [-0.1, -0.05) is 11.6 Å². The third-order valence-corrected chi connectivity index (χ3v) is 4.98. The third kappa shape index (κ3) is 2.83. The van der Waals surface area contributed by atoms with Crippen LogP contribution in [0.5, 0.6) is 5.75 Å². The number of aromatic amines is 1. The fraction of sp³-hybridized carbons (Fsp3) is 0.143. The molecule has 0 aliphatic rings. The highest BCUT2D eigenvalue weighted by Gasteiger charge is 2.20. The van der Waals surface area contributed by atoms with Gasteiger partial charge in [0.15, 0.2) is 0 Å². The number of nitrogens with one attached hydrogen (secondary N) is 2. The molecule has 126 valence electrons. The largest absolute Gasteiger partial charge is 0.495 e. The first-order valence-electron chi connectivity index (χ1n) is 6.75. The maximum atomic E-state index is 12.6. The SMILES string of the molecule is COc1ccc(Cl)cc1NS(=O)(=O)c1cc2c(=O)[nH]nc(C)n2c1. The second-order valence-corrected chi connectivity index (χ2v) is 7.10. The third-order valence-electron chi connectivity index (χ3n) is 3.41. The Labute approximate surface area is 142 Å². The minimum Gasteiger partial charge on any atom is -0.495 e. The van der Waals surface area contributed by atoms with Gasteiger partial charge in [-0.15, -0.1) is 0 Å². The minimum atomic E-state index is -3.95. The minimum absolute atomic E-state index is 0.0777. The number of sulfonamides is 1. The van der Waals surface area contributed by atoms with E-state index in [0.717, 1.165) is 0 Å². The Kier molecular flexibility index (Phi) is 3.98. The number of halogens is 1. The number of hydrogen-bond donors (Lipinski definition) is 2. The summed E-state index contributed by atoms with van der Waals surface area (Å²) >= 11 is 5.91. The van der Waals surface area contributed by atoms with Crippen LogP contribution in [0.15, 0.2) is 40.2 Å². The monoisotopic (exact) mass is 368 g/mol. The fourth-order valence-electron chi connectivity index (χ4n) is 2.23. The summed E-state index contributed by atoms with van der Waals surface area (Å²) in [6, 6.07) is 5.84. The van der Waals surface area contributed by atoms with Crippen LogP contribution in [0.2, 0.25) is 5.02 Å². The van der Waals surface area contributed by atoms with Crippen molar-refractivity contribution < 1.29 is 13.2 Å². The summed E-state index contributed by atoms with van der Waals surface area (Å²) in [6.07, 6.45) is 1.33. The first-order valence-corrected chi connectivity index (χ1v) is 8.61. The Morgan fingerprint density at radius 1 is 1.33 bits per heavy atom. The quantitative estimate of drug-likeness (QED) is 0.730. The molecule has 10 heteroatoms. The summed E-state index contributed by atoms with van der Waals surface area (Å²) < 4.78 is 34.2. The van der Waals surface area contributed by atoms with Crippen molar-refractivity contribution in [3.05, 3.63) is 51.7 Å². The molecule has 0 aliphatic heterocycles. The number of ether oxygens (including phenoxy) is 1. The molecule has 2 aromatic heterocycles. The van der Waals surface area contributed by atoms with Crippen LogP contribution in [-0.2, 0) is 10.0 Å². The lowest BCUT2D eigenvalue weighted by molar-refractivity contribution is 0.417. The zero-order valence-corrected chi connectivity index (χ0v) is 14.3. The van der Waals surface area contributed by atoms with E-state index < -0.39 is 15.6 Å². The van der Waals surface area contributed by atoms with Crippen molar-refractivity contribution in [2.45, 2.75) is 11.8 Å². The molecule has 3 rings (SSSR count). The molecular weight excluding hydrogens is 356 g/mol. The summed E-state index contributed by atoms with van der Waals surface area (Å²) in [6.45, 7) is 1.65. The van der Waals surface area contributed by atoms with Crippen molar-refractivity contribution >= 4 is 32.8 Å². The van der Waals surface area contributed by atoms with Crippen molar-refractivity contribution in [2.75, 3.05) is 11.8 Å². The molecule has 2 heterocycles. The normalized spacial score (nSPS) is 11.6. The van der Waals surface area contributed by atoms with E-state index in [1.807, 2.05) is 0 Å². The second-order valence-electron chi connectivity index (χ2n) is 4.98. The molecule has 1 aromatic carbocycles. The van der Waals surface area contributed by atoms with Gasteiger partial charge in [0.05, 0.1) is 12.8 Å². The highest BCUT2D eigenvalue weighted by atomic mass is 35.5. The molecule has 0 spiro atoms. The van der Waals surface area contributed by atoms with Gasteiger partial charge in [-0.3, -0.25) is 13.9 Å². The van der Waals surface area contributed by atoms with Crippen LogP contribution in [-0.4, -0.2) is 30.1 Å². The second kappa shape index (κ2) is 5.84. The van der Waals surface area contributed by atoms with Crippen LogP contribution in [0.3, 0.4) is 0 Å². The van der Waals surface area contributed by atoms with Gasteiger partial charge in [0.25, 0.3) is 15.6 Å². The van der Waals surface area contributed by atoms with E-state index in [1.165, 1.54) is 29.8 Å². The Balaban J connectivity index is 2.09. The number of anilines is 1. The highest BCUT2D eigenvalue weighted by Crippen LogP contribution is 2.30. The molecule has 0 amide bonds. The van der Waals surface area contributed by atoms with Crippen molar-refractivity contribution in [1.29, 1.82) is 0 Å². The van der Waals surface area contributed by atoms with E-state index in [4.69, 9.17) is 16.3 Å². The van der Waals surface area contributed by atoms with Crippen LogP contribution in [0.25, 0.3) is 5.52 Å². The number of aromatic nitrogens is 3. The molecule has 0 saturated heterocycles. The predicted octanol–water partition coefficient (Wildman–Crippen LogP) is 1.79. The molecule has 0 fully saturated rings. The number of fused-ring (bicyclic) bond motifs is 1. The summed E-state index contributed by atoms with van der Waals surface area (Å²) in [5.41, 5.74) is -0.104. The number of hydrogen-bond acceptors (Lipinski definition) is 5. The van der Waals surface area contributed by atoms with Gasteiger partial charge in [0, 0.05) is 11.2 Å². The van der Waals surface area contributed by atoms with E-state index >= 15 is 0 Å². The standard InChI is InChI=1S/C14H13ClN4O4S/c1-8-16-17-14(20)12-6-10(7-19(8)12)24(21,22)18-11-5-9(15)3-4-13(11)23-2/h3-7,18H,1-2H3,(H,17,20). The van der Waals surface area contributed by atoms with Gasteiger partial charge in [-0.2, -0.15) is 5.10 Å². The van der Waals surface area contributed by atoms with E-state index in [1.54, 1.807) is 19.1 Å². The van der Waals surface area contributed by atoms with Gasteiger partial charge in [-0.25, -0.2) is 13.5 Å². The lowest BCUT2D eigenvalue weighted by atomic mass is 10.3. The summed E-state index contributed by atoms with van der Waals surface area (Å²) in [5.74, 6) is 0.772. The van der Waals surface area contributed by atoms with Crippen molar-refractivity contribution in [2.24, 2.45) is 0 Å². The molecule has 0 aliphatic carbocycles. The molecule has 3 aromatic rings. The van der Waals surface area contributed by atoms with Crippen LogP contribution < -0.4 is 15.0 Å². The molecule has 0 bridgehead atoms. The topological polar surface area (TPSA) is 106 Å². The van der Waals surface area contributed by atoms with Crippen LogP contribution in [0.1, 0.15) is 5.82 Å². The number of rotatable bonds is 4. The molecule has 24 heavy (non-hydrogen) atoms. The van der Waals surface area contributed by atoms with Gasteiger partial charge in [-0.05, 0) is 31.2 Å². The molecular formula is C14H13ClN4O4S. The lowest BCUT2D eigenvalue weighted by Gasteiger charge is -2.11. The van der Waals surface area contributed by atoms with E-state index in [-0.39, 0.29) is 16.1 Å². The fourth-order valence-corrected chi connectivity index (χ4v) is 3.48. The Hall–Kier alpha value is -2.52. The first kappa shape index (κ1) is 16.3. The van der Waals surface area contributed by atoms with Gasteiger partial charge in [0.1, 0.15) is 22.0 Å². The number of nitrogens with zero attached hydrogens (tertiary/aromatic N) is 2. The maximum absolute atomic E-state index is 12.6. The predicted molar refractivity (Wildman–Crippen MR) is 89.4 cm³/mol. The molecule has 8 nitrogen and oxygen atoms in total. The zero-order chi connectivity index (χ0) is 17.5. The van der Waals surface area contributed by atoms with Gasteiger partial charge in [0.2, 0.25) is 0 Å². The molecule has 0 radical (unpaired) electrons. The van der Waals surface area contributed by atoms with E-state index in [9.17, 15) is 13.2 Å². The summed E-state index contributed by atoms with van der Waals surface area (Å²) in [5, 5.41) is 6.46. The average Bonchev–Trinajstić information content (AvgIpc) is 2.98. The molecule has 0 unspecified atom stereocenters. The number of aryl methyl sites for hydroxylation is 1. The van der Waals surface area contributed by atoms with E-state index in [0.29, 0.717) is 16.6 Å². The van der Waals surface area contributed by atoms with Crippen LogP contribution >= 0.6 is 11.6 Å². The molecule has 0 saturated carbocycles. The molecule has 0 atom stereocenters. The summed E-state index contributed by atoms with van der Waals surface area (Å²) in [4.78, 5) is 11.7. The number of H-pyrrole nitrogens is 1. The Bertz CT molecular complexity index is 1090. The maximum Gasteiger partial charge on any atom is 0.288 e.